The molecule has 0 unspecified atom stereocenters. The number of pyridine rings is 1. The molecule has 0 aliphatic heterocycles. The van der Waals surface area contributed by atoms with Crippen molar-refractivity contribution < 1.29 is 0 Å². The third-order valence-corrected chi connectivity index (χ3v) is 4.14. The monoisotopic (exact) mass is 348 g/mol. The lowest BCUT2D eigenvalue weighted by atomic mass is 10.0. The molecule has 2 aromatic carbocycles. The second-order valence-corrected chi connectivity index (χ2v) is 5.85. The molecule has 0 radical (unpaired) electrons. The zero-order chi connectivity index (χ0) is 17.2. The van der Waals surface area contributed by atoms with Gasteiger partial charge < -0.3 is 5.32 Å². The summed E-state index contributed by atoms with van der Waals surface area (Å²) >= 11 is 6.28. The van der Waals surface area contributed by atoms with Crippen LogP contribution in [0.3, 0.4) is 0 Å². The predicted octanol–water partition coefficient (Wildman–Crippen LogP) is 4.38. The van der Waals surface area contributed by atoms with Crippen molar-refractivity contribution >= 4 is 34.3 Å². The molecule has 2 heterocycles. The maximum atomic E-state index is 12.7. The molecule has 0 saturated carbocycles. The first-order valence-electron chi connectivity index (χ1n) is 7.68. The third kappa shape index (κ3) is 2.97. The molecule has 0 saturated heterocycles. The van der Waals surface area contributed by atoms with Crippen LogP contribution in [-0.2, 0) is 0 Å². The van der Waals surface area contributed by atoms with E-state index in [2.05, 4.69) is 20.3 Å². The lowest BCUT2D eigenvalue weighted by Crippen LogP contribution is -2.13. The Morgan fingerprint density at radius 1 is 0.920 bits per heavy atom. The van der Waals surface area contributed by atoms with Gasteiger partial charge >= 0.3 is 0 Å². The molecule has 2 aromatic heterocycles. The minimum Gasteiger partial charge on any atom is -0.326 e. The van der Waals surface area contributed by atoms with Gasteiger partial charge in [0.2, 0.25) is 5.95 Å². The molecule has 0 spiro atoms. The van der Waals surface area contributed by atoms with Crippen LogP contribution in [0.15, 0.2) is 71.7 Å². The number of nitrogens with zero attached hydrogens (tertiary/aromatic N) is 2. The molecule has 4 rings (SSSR count). The molecular formula is C19H13ClN4O. The van der Waals surface area contributed by atoms with Gasteiger partial charge in [0.1, 0.15) is 0 Å². The molecule has 6 heteroatoms. The standard InChI is InChI=1S/C19H13ClN4O/c20-15-9-5-4-8-13(15)14-10-11-21-17-16(14)18(25)24-19(23-17)22-12-6-2-1-3-7-12/h1-11H,(H2,21,22,23,24,25). The van der Waals surface area contributed by atoms with Crippen LogP contribution in [0, 0.1) is 0 Å². The molecule has 0 aliphatic rings. The van der Waals surface area contributed by atoms with E-state index in [1.165, 1.54) is 0 Å². The van der Waals surface area contributed by atoms with Gasteiger partial charge in [-0.2, -0.15) is 4.98 Å². The smallest absolute Gasteiger partial charge is 0.262 e. The van der Waals surface area contributed by atoms with Crippen molar-refractivity contribution in [3.05, 3.63) is 82.2 Å². The van der Waals surface area contributed by atoms with E-state index in [0.29, 0.717) is 27.6 Å². The maximum absolute atomic E-state index is 12.7. The van der Waals surface area contributed by atoms with Crippen molar-refractivity contribution in [3.8, 4) is 11.1 Å². The summed E-state index contributed by atoms with van der Waals surface area (Å²) < 4.78 is 0. The number of fused-ring (bicyclic) bond motifs is 1. The van der Waals surface area contributed by atoms with Gasteiger partial charge in [-0.1, -0.05) is 48.0 Å². The highest BCUT2D eigenvalue weighted by Gasteiger charge is 2.13. The topological polar surface area (TPSA) is 70.7 Å². The molecule has 5 nitrogen and oxygen atoms in total. The highest BCUT2D eigenvalue weighted by atomic mass is 35.5. The second-order valence-electron chi connectivity index (χ2n) is 5.44. The Morgan fingerprint density at radius 3 is 2.48 bits per heavy atom. The quantitative estimate of drug-likeness (QED) is 0.576. The summed E-state index contributed by atoms with van der Waals surface area (Å²) in [7, 11) is 0. The maximum Gasteiger partial charge on any atom is 0.262 e. The summed E-state index contributed by atoms with van der Waals surface area (Å²) in [6, 6.07) is 18.6. The van der Waals surface area contributed by atoms with Gasteiger partial charge in [0.05, 0.1) is 5.39 Å². The van der Waals surface area contributed by atoms with Gasteiger partial charge in [-0.3, -0.25) is 9.78 Å². The first kappa shape index (κ1) is 15.4. The number of anilines is 2. The zero-order valence-corrected chi connectivity index (χ0v) is 13.8. The fraction of sp³-hybridized carbons (Fsp3) is 0. The summed E-state index contributed by atoms with van der Waals surface area (Å²) in [5.74, 6) is 0.340. The highest BCUT2D eigenvalue weighted by Crippen LogP contribution is 2.30. The van der Waals surface area contributed by atoms with Gasteiger partial charge in [-0.05, 0) is 24.3 Å². The van der Waals surface area contributed by atoms with Gasteiger partial charge in [0, 0.05) is 28.0 Å². The number of aromatic amines is 1. The number of aromatic nitrogens is 3. The summed E-state index contributed by atoms with van der Waals surface area (Å²) in [4.78, 5) is 24.1. The van der Waals surface area contributed by atoms with Gasteiger partial charge in [-0.25, -0.2) is 4.98 Å². The molecule has 2 N–H and O–H groups in total. The van der Waals surface area contributed by atoms with Crippen LogP contribution in [0.2, 0.25) is 5.02 Å². The van der Waals surface area contributed by atoms with E-state index in [4.69, 9.17) is 11.6 Å². The fourth-order valence-corrected chi connectivity index (χ4v) is 2.92. The number of hydrogen-bond donors (Lipinski definition) is 2. The summed E-state index contributed by atoms with van der Waals surface area (Å²) in [6.07, 6.45) is 1.62. The first-order chi connectivity index (χ1) is 12.2. The molecule has 122 valence electrons. The number of rotatable bonds is 3. The van der Waals surface area contributed by atoms with E-state index in [9.17, 15) is 4.79 Å². The van der Waals surface area contributed by atoms with Crippen LogP contribution in [0.4, 0.5) is 11.6 Å². The van der Waals surface area contributed by atoms with Crippen LogP contribution in [0.1, 0.15) is 0 Å². The first-order valence-corrected chi connectivity index (χ1v) is 8.06. The number of halogens is 1. The van der Waals surface area contributed by atoms with Crippen molar-refractivity contribution in [1.29, 1.82) is 0 Å². The van der Waals surface area contributed by atoms with Crippen molar-refractivity contribution in [2.75, 3.05) is 5.32 Å². The Bertz CT molecular complexity index is 1110. The third-order valence-electron chi connectivity index (χ3n) is 3.81. The molecular weight excluding hydrogens is 336 g/mol. The van der Waals surface area contributed by atoms with E-state index in [1.807, 2.05) is 48.5 Å². The predicted molar refractivity (Wildman–Crippen MR) is 100 cm³/mol. The minimum atomic E-state index is -0.272. The van der Waals surface area contributed by atoms with Crippen molar-refractivity contribution in [1.82, 2.24) is 15.0 Å². The lowest BCUT2D eigenvalue weighted by molar-refractivity contribution is 1.14. The van der Waals surface area contributed by atoms with Crippen LogP contribution < -0.4 is 10.9 Å². The van der Waals surface area contributed by atoms with Crippen LogP contribution in [0.5, 0.6) is 0 Å². The largest absolute Gasteiger partial charge is 0.326 e. The van der Waals surface area contributed by atoms with Crippen molar-refractivity contribution in [2.45, 2.75) is 0 Å². The second kappa shape index (κ2) is 6.37. The Hall–Kier alpha value is -3.18. The highest BCUT2D eigenvalue weighted by molar-refractivity contribution is 6.33. The Kier molecular flexibility index (Phi) is 3.91. The van der Waals surface area contributed by atoms with Crippen LogP contribution in [0.25, 0.3) is 22.2 Å². The van der Waals surface area contributed by atoms with Gasteiger partial charge in [0.25, 0.3) is 5.56 Å². The molecule has 0 aliphatic carbocycles. The van der Waals surface area contributed by atoms with E-state index < -0.39 is 0 Å². The lowest BCUT2D eigenvalue weighted by Gasteiger charge is -2.09. The molecule has 0 amide bonds. The molecule has 25 heavy (non-hydrogen) atoms. The zero-order valence-electron chi connectivity index (χ0n) is 13.0. The number of hydrogen-bond acceptors (Lipinski definition) is 4. The fourth-order valence-electron chi connectivity index (χ4n) is 2.68. The molecule has 0 atom stereocenters. The van der Waals surface area contributed by atoms with Gasteiger partial charge in [-0.15, -0.1) is 0 Å². The normalized spacial score (nSPS) is 10.8. The SMILES string of the molecule is O=c1[nH]c(Nc2ccccc2)nc2nccc(-c3ccccc3Cl)c12. The Balaban J connectivity index is 1.87. The number of benzene rings is 2. The van der Waals surface area contributed by atoms with E-state index in [0.717, 1.165) is 11.3 Å². The summed E-state index contributed by atoms with van der Waals surface area (Å²) in [5, 5.41) is 4.06. The van der Waals surface area contributed by atoms with E-state index in [1.54, 1.807) is 18.3 Å². The van der Waals surface area contributed by atoms with Gasteiger partial charge in [0.15, 0.2) is 5.65 Å². The number of nitrogens with one attached hydrogen (secondary N) is 2. The van der Waals surface area contributed by atoms with Crippen LogP contribution >= 0.6 is 11.6 Å². The Labute approximate surface area is 148 Å². The Morgan fingerprint density at radius 2 is 1.68 bits per heavy atom. The van der Waals surface area contributed by atoms with E-state index >= 15 is 0 Å². The summed E-state index contributed by atoms with van der Waals surface area (Å²) in [6.45, 7) is 0. The molecule has 4 aromatic rings. The average Bonchev–Trinajstić information content (AvgIpc) is 2.62. The van der Waals surface area contributed by atoms with Crippen LogP contribution in [-0.4, -0.2) is 15.0 Å². The minimum absolute atomic E-state index is 0.272. The average molecular weight is 349 g/mol. The van der Waals surface area contributed by atoms with Crippen molar-refractivity contribution in [3.63, 3.8) is 0 Å². The summed E-state index contributed by atoms with van der Waals surface area (Å²) in [5.41, 5.74) is 2.39. The molecule has 0 bridgehead atoms. The number of H-pyrrole nitrogens is 1. The van der Waals surface area contributed by atoms with E-state index in [-0.39, 0.29) is 5.56 Å². The molecule has 0 fully saturated rings. The number of para-hydroxylation sites is 1. The van der Waals surface area contributed by atoms with Crippen molar-refractivity contribution in [2.24, 2.45) is 0 Å².